The monoisotopic (exact) mass is 351 g/mol. The average molecular weight is 351 g/mol. The first-order chi connectivity index (χ1) is 13.2. The van der Waals surface area contributed by atoms with Gasteiger partial charge in [-0.15, -0.1) is 0 Å². The maximum absolute atomic E-state index is 12.8. The zero-order chi connectivity index (χ0) is 18.8. The van der Waals surface area contributed by atoms with Crippen molar-refractivity contribution < 1.29 is 9.59 Å². The number of carbonyl (C=O) groups is 2. The SMILES string of the molecule is C=Cc1ccc(/C=C/Nc2ccc3c(c2)C(=O)c2ccccc2C3=O)cc1. The zero-order valence-corrected chi connectivity index (χ0v) is 14.6. The van der Waals surface area contributed by atoms with E-state index in [0.717, 1.165) is 16.8 Å². The van der Waals surface area contributed by atoms with Crippen LogP contribution in [0, 0.1) is 0 Å². The summed E-state index contributed by atoms with van der Waals surface area (Å²) < 4.78 is 0. The Morgan fingerprint density at radius 1 is 0.704 bits per heavy atom. The summed E-state index contributed by atoms with van der Waals surface area (Å²) in [5, 5.41) is 3.17. The van der Waals surface area contributed by atoms with E-state index in [1.165, 1.54) is 0 Å². The molecule has 1 aliphatic carbocycles. The minimum Gasteiger partial charge on any atom is -0.362 e. The molecule has 3 aromatic rings. The Labute approximate surface area is 157 Å². The lowest BCUT2D eigenvalue weighted by Crippen LogP contribution is -2.20. The quantitative estimate of drug-likeness (QED) is 0.550. The van der Waals surface area contributed by atoms with Crippen LogP contribution < -0.4 is 5.32 Å². The number of rotatable bonds is 4. The summed E-state index contributed by atoms with van der Waals surface area (Å²) in [6.07, 6.45) is 5.55. The van der Waals surface area contributed by atoms with Gasteiger partial charge in [0.05, 0.1) is 0 Å². The van der Waals surface area contributed by atoms with E-state index in [0.29, 0.717) is 22.3 Å². The molecule has 0 amide bonds. The van der Waals surface area contributed by atoms with Gasteiger partial charge in [0.1, 0.15) is 0 Å². The molecule has 0 atom stereocenters. The van der Waals surface area contributed by atoms with Crippen molar-refractivity contribution in [3.8, 4) is 0 Å². The lowest BCUT2D eigenvalue weighted by Gasteiger charge is -2.18. The van der Waals surface area contributed by atoms with E-state index >= 15 is 0 Å². The molecule has 1 N–H and O–H groups in total. The first-order valence-electron chi connectivity index (χ1n) is 8.65. The summed E-state index contributed by atoms with van der Waals surface area (Å²) in [4.78, 5) is 25.4. The van der Waals surface area contributed by atoms with E-state index < -0.39 is 0 Å². The van der Waals surface area contributed by atoms with Crippen LogP contribution in [-0.4, -0.2) is 11.6 Å². The van der Waals surface area contributed by atoms with E-state index in [1.807, 2.05) is 42.6 Å². The molecule has 0 unspecified atom stereocenters. The lowest BCUT2D eigenvalue weighted by atomic mass is 9.84. The normalized spacial score (nSPS) is 12.6. The smallest absolute Gasteiger partial charge is 0.194 e. The van der Waals surface area contributed by atoms with E-state index in [-0.39, 0.29) is 11.6 Å². The van der Waals surface area contributed by atoms with Crippen LogP contribution >= 0.6 is 0 Å². The van der Waals surface area contributed by atoms with Crippen LogP contribution in [0.3, 0.4) is 0 Å². The topological polar surface area (TPSA) is 46.2 Å². The minimum atomic E-state index is -0.118. The third-order valence-electron chi connectivity index (χ3n) is 4.62. The molecule has 3 aromatic carbocycles. The molecule has 0 fully saturated rings. The molecule has 1 aliphatic rings. The molecule has 0 aromatic heterocycles. The number of nitrogens with one attached hydrogen (secondary N) is 1. The Hall–Kier alpha value is -3.72. The molecule has 3 nitrogen and oxygen atoms in total. The van der Waals surface area contributed by atoms with Gasteiger partial charge >= 0.3 is 0 Å². The Morgan fingerprint density at radius 3 is 1.96 bits per heavy atom. The second-order valence-electron chi connectivity index (χ2n) is 6.31. The fraction of sp³-hybridized carbons (Fsp3) is 0. The highest BCUT2D eigenvalue weighted by atomic mass is 16.1. The van der Waals surface area contributed by atoms with Crippen molar-refractivity contribution in [1.29, 1.82) is 0 Å². The van der Waals surface area contributed by atoms with Gasteiger partial charge in [0.15, 0.2) is 11.6 Å². The van der Waals surface area contributed by atoms with Gasteiger partial charge in [-0.3, -0.25) is 9.59 Å². The maximum Gasteiger partial charge on any atom is 0.194 e. The molecule has 27 heavy (non-hydrogen) atoms. The van der Waals surface area contributed by atoms with Crippen LogP contribution in [0.2, 0.25) is 0 Å². The predicted octanol–water partition coefficient (Wildman–Crippen LogP) is 5.19. The largest absolute Gasteiger partial charge is 0.362 e. The third kappa shape index (κ3) is 3.11. The number of fused-ring (bicyclic) bond motifs is 2. The third-order valence-corrected chi connectivity index (χ3v) is 4.62. The molecule has 3 heteroatoms. The fourth-order valence-corrected chi connectivity index (χ4v) is 3.17. The highest BCUT2D eigenvalue weighted by Gasteiger charge is 2.29. The number of hydrogen-bond acceptors (Lipinski definition) is 3. The number of carbonyl (C=O) groups excluding carboxylic acids is 2. The Balaban J connectivity index is 1.57. The van der Waals surface area contributed by atoms with Gasteiger partial charge in [-0.1, -0.05) is 61.2 Å². The Morgan fingerprint density at radius 2 is 1.30 bits per heavy atom. The van der Waals surface area contributed by atoms with Crippen molar-refractivity contribution in [2.75, 3.05) is 5.32 Å². The molecule has 0 saturated carbocycles. The van der Waals surface area contributed by atoms with Gasteiger partial charge in [-0.2, -0.15) is 0 Å². The van der Waals surface area contributed by atoms with Crippen molar-refractivity contribution in [3.63, 3.8) is 0 Å². The van der Waals surface area contributed by atoms with Crippen LogP contribution in [-0.2, 0) is 0 Å². The average Bonchev–Trinajstić information content (AvgIpc) is 2.72. The van der Waals surface area contributed by atoms with Crippen molar-refractivity contribution in [3.05, 3.63) is 113 Å². The summed E-state index contributed by atoms with van der Waals surface area (Å²) in [6.45, 7) is 3.74. The molecule has 130 valence electrons. The molecule has 0 aliphatic heterocycles. The maximum atomic E-state index is 12.8. The van der Waals surface area contributed by atoms with Crippen molar-refractivity contribution in [1.82, 2.24) is 0 Å². The lowest BCUT2D eigenvalue weighted by molar-refractivity contribution is 0.0979. The minimum absolute atomic E-state index is 0.107. The van der Waals surface area contributed by atoms with Crippen LogP contribution in [0.4, 0.5) is 5.69 Å². The molecular formula is C24H17NO2. The highest BCUT2D eigenvalue weighted by Crippen LogP contribution is 2.29. The summed E-state index contributed by atoms with van der Waals surface area (Å²) >= 11 is 0. The van der Waals surface area contributed by atoms with Crippen molar-refractivity contribution in [2.45, 2.75) is 0 Å². The standard InChI is InChI=1S/C24H17NO2/c1-2-16-7-9-17(10-8-16)13-14-25-18-11-12-21-22(15-18)24(27)20-6-4-3-5-19(20)23(21)26/h2-15,25H,1H2/b14-13+. The number of ketones is 2. The van der Waals surface area contributed by atoms with Crippen LogP contribution in [0.1, 0.15) is 43.0 Å². The van der Waals surface area contributed by atoms with Crippen molar-refractivity contribution in [2.24, 2.45) is 0 Å². The predicted molar refractivity (Wildman–Crippen MR) is 109 cm³/mol. The zero-order valence-electron chi connectivity index (χ0n) is 14.6. The highest BCUT2D eigenvalue weighted by molar-refractivity contribution is 6.28. The van der Waals surface area contributed by atoms with Gasteiger partial charge in [0, 0.05) is 34.1 Å². The van der Waals surface area contributed by atoms with Crippen LogP contribution in [0.15, 0.2) is 79.5 Å². The molecular weight excluding hydrogens is 334 g/mol. The molecule has 0 heterocycles. The fourth-order valence-electron chi connectivity index (χ4n) is 3.17. The summed E-state index contributed by atoms with van der Waals surface area (Å²) in [7, 11) is 0. The molecule has 4 rings (SSSR count). The first kappa shape index (κ1) is 16.7. The Kier molecular flexibility index (Phi) is 4.27. The first-order valence-corrected chi connectivity index (χ1v) is 8.65. The summed E-state index contributed by atoms with van der Waals surface area (Å²) in [6, 6.07) is 20.2. The molecule has 0 spiro atoms. The van der Waals surface area contributed by atoms with Crippen LogP contribution in [0.25, 0.3) is 12.2 Å². The molecule has 0 saturated heterocycles. The summed E-state index contributed by atoms with van der Waals surface area (Å²) in [5.74, 6) is -0.225. The summed E-state index contributed by atoms with van der Waals surface area (Å²) in [5.41, 5.74) is 4.70. The van der Waals surface area contributed by atoms with Gasteiger partial charge in [0.25, 0.3) is 0 Å². The van der Waals surface area contributed by atoms with Crippen molar-refractivity contribution >= 4 is 29.4 Å². The van der Waals surface area contributed by atoms with Crippen LogP contribution in [0.5, 0.6) is 0 Å². The van der Waals surface area contributed by atoms with E-state index in [4.69, 9.17) is 0 Å². The van der Waals surface area contributed by atoms with E-state index in [9.17, 15) is 9.59 Å². The van der Waals surface area contributed by atoms with Gasteiger partial charge < -0.3 is 5.32 Å². The number of benzene rings is 3. The van der Waals surface area contributed by atoms with E-state index in [1.54, 1.807) is 42.5 Å². The van der Waals surface area contributed by atoms with Gasteiger partial charge in [0.2, 0.25) is 0 Å². The molecule has 0 radical (unpaired) electrons. The van der Waals surface area contributed by atoms with Gasteiger partial charge in [-0.25, -0.2) is 0 Å². The van der Waals surface area contributed by atoms with Gasteiger partial charge in [-0.05, 0) is 35.4 Å². The molecule has 0 bridgehead atoms. The number of anilines is 1. The second-order valence-corrected chi connectivity index (χ2v) is 6.31. The second kappa shape index (κ2) is 6.89. The van der Waals surface area contributed by atoms with E-state index in [2.05, 4.69) is 11.9 Å². The number of hydrogen-bond donors (Lipinski definition) is 1. The Bertz CT molecular complexity index is 1090.